The molecule has 0 bridgehead atoms. The number of fused-ring (bicyclic) bond motifs is 1. The number of aromatic nitrogens is 5. The number of rotatable bonds is 4. The van der Waals surface area contributed by atoms with Crippen LogP contribution >= 0.6 is 23.1 Å². The number of anilines is 3. The Morgan fingerprint density at radius 1 is 1.17 bits per heavy atom. The molecular formula is C20H21ClN8S. The molecule has 1 aliphatic rings. The molecule has 1 fully saturated rings. The molecule has 5 rings (SSSR count). The molecule has 0 amide bonds. The van der Waals surface area contributed by atoms with E-state index in [9.17, 15) is 0 Å². The van der Waals surface area contributed by atoms with E-state index in [1.807, 2.05) is 31.3 Å². The third-order valence-corrected chi connectivity index (χ3v) is 6.46. The van der Waals surface area contributed by atoms with Gasteiger partial charge in [-0.25, -0.2) is 9.50 Å². The number of hydrogen-bond acceptors (Lipinski definition) is 8. The standard InChI is InChI=1S/C20H21ClN8S/c1-12-23-20(30-27-12)28-9-6-14(7-10-28)24-19-25-18-15(3-2-8-29(18)26-19)16-11-13(22)4-5-17(16)21/h2-5,8,11,14H,6-7,9-10,22H2,1H3,(H,24,26). The van der Waals surface area contributed by atoms with Gasteiger partial charge < -0.3 is 16.0 Å². The van der Waals surface area contributed by atoms with Crippen LogP contribution in [0.25, 0.3) is 16.8 Å². The zero-order chi connectivity index (χ0) is 20.7. The summed E-state index contributed by atoms with van der Waals surface area (Å²) in [5, 5.41) is 9.74. The van der Waals surface area contributed by atoms with Gasteiger partial charge in [-0.3, -0.25) is 0 Å². The smallest absolute Gasteiger partial charge is 0.243 e. The van der Waals surface area contributed by atoms with Crippen LogP contribution in [0.2, 0.25) is 5.02 Å². The molecule has 3 aromatic heterocycles. The first-order chi connectivity index (χ1) is 14.6. The number of nitrogens with zero attached hydrogens (tertiary/aromatic N) is 6. The van der Waals surface area contributed by atoms with Gasteiger partial charge in [0, 0.05) is 58.7 Å². The zero-order valence-corrected chi connectivity index (χ0v) is 18.0. The van der Waals surface area contributed by atoms with E-state index in [0.717, 1.165) is 53.7 Å². The predicted octanol–water partition coefficient (Wildman–Crippen LogP) is 3.87. The van der Waals surface area contributed by atoms with Gasteiger partial charge in [-0.2, -0.15) is 9.36 Å². The van der Waals surface area contributed by atoms with Crippen molar-refractivity contribution in [1.82, 2.24) is 24.0 Å². The first-order valence-electron chi connectivity index (χ1n) is 9.79. The van der Waals surface area contributed by atoms with E-state index < -0.39 is 0 Å². The summed E-state index contributed by atoms with van der Waals surface area (Å²) in [4.78, 5) is 11.5. The fraction of sp³-hybridized carbons (Fsp3) is 0.300. The van der Waals surface area contributed by atoms with Crippen LogP contribution < -0.4 is 16.0 Å². The minimum Gasteiger partial charge on any atom is -0.399 e. The lowest BCUT2D eigenvalue weighted by atomic mass is 10.1. The Morgan fingerprint density at radius 3 is 2.77 bits per heavy atom. The molecule has 0 spiro atoms. The van der Waals surface area contributed by atoms with Gasteiger partial charge >= 0.3 is 0 Å². The Morgan fingerprint density at radius 2 is 2.00 bits per heavy atom. The van der Waals surface area contributed by atoms with E-state index >= 15 is 0 Å². The van der Waals surface area contributed by atoms with Gasteiger partial charge in [-0.05, 0) is 50.1 Å². The van der Waals surface area contributed by atoms with Crippen molar-refractivity contribution < 1.29 is 0 Å². The van der Waals surface area contributed by atoms with Crippen molar-refractivity contribution in [1.29, 1.82) is 0 Å². The fourth-order valence-corrected chi connectivity index (χ4v) is 4.68. The Labute approximate surface area is 182 Å². The number of pyridine rings is 1. The van der Waals surface area contributed by atoms with Crippen LogP contribution in [-0.4, -0.2) is 43.1 Å². The molecule has 0 unspecified atom stereocenters. The third kappa shape index (κ3) is 3.66. The van der Waals surface area contributed by atoms with Gasteiger partial charge in [-0.1, -0.05) is 11.6 Å². The van der Waals surface area contributed by atoms with E-state index in [1.54, 1.807) is 16.6 Å². The summed E-state index contributed by atoms with van der Waals surface area (Å²) in [6.45, 7) is 3.79. The Kier molecular flexibility index (Phi) is 4.92. The molecule has 8 nitrogen and oxygen atoms in total. The second kappa shape index (κ2) is 7.73. The van der Waals surface area contributed by atoms with Crippen molar-refractivity contribution in [2.24, 2.45) is 0 Å². The van der Waals surface area contributed by atoms with E-state index in [-0.39, 0.29) is 0 Å². The average Bonchev–Trinajstić information content (AvgIpc) is 3.36. The van der Waals surface area contributed by atoms with Crippen molar-refractivity contribution in [3.05, 3.63) is 47.4 Å². The minimum atomic E-state index is 0.312. The van der Waals surface area contributed by atoms with Gasteiger partial charge in [0.2, 0.25) is 11.1 Å². The van der Waals surface area contributed by atoms with Gasteiger partial charge in [0.1, 0.15) is 5.82 Å². The van der Waals surface area contributed by atoms with Crippen LogP contribution in [0.5, 0.6) is 0 Å². The molecule has 3 N–H and O–H groups in total. The second-order valence-corrected chi connectivity index (χ2v) is 8.53. The predicted molar refractivity (Wildman–Crippen MR) is 121 cm³/mol. The Bertz CT molecular complexity index is 1190. The van der Waals surface area contributed by atoms with E-state index in [2.05, 4.69) is 24.7 Å². The molecule has 4 heterocycles. The highest BCUT2D eigenvalue weighted by Gasteiger charge is 2.23. The monoisotopic (exact) mass is 440 g/mol. The summed E-state index contributed by atoms with van der Waals surface area (Å²) >= 11 is 7.88. The third-order valence-electron chi connectivity index (χ3n) is 5.26. The molecule has 1 aromatic carbocycles. The lowest BCUT2D eigenvalue weighted by Gasteiger charge is -2.31. The molecule has 0 saturated carbocycles. The van der Waals surface area contributed by atoms with Crippen molar-refractivity contribution in [2.45, 2.75) is 25.8 Å². The fourth-order valence-electron chi connectivity index (χ4n) is 3.74. The van der Waals surface area contributed by atoms with Gasteiger partial charge in [0.05, 0.1) is 0 Å². The van der Waals surface area contributed by atoms with Crippen LogP contribution in [0.4, 0.5) is 16.8 Å². The highest BCUT2D eigenvalue weighted by molar-refractivity contribution is 7.09. The van der Waals surface area contributed by atoms with Gasteiger partial charge in [-0.15, -0.1) is 5.10 Å². The maximum absolute atomic E-state index is 6.42. The minimum absolute atomic E-state index is 0.312. The first kappa shape index (κ1) is 19.1. The van der Waals surface area contributed by atoms with E-state index in [4.69, 9.17) is 22.3 Å². The number of nitrogens with two attached hydrogens (primary N) is 1. The zero-order valence-electron chi connectivity index (χ0n) is 16.4. The quantitative estimate of drug-likeness (QED) is 0.465. The van der Waals surface area contributed by atoms with Crippen LogP contribution in [0, 0.1) is 6.92 Å². The van der Waals surface area contributed by atoms with Crippen molar-refractivity contribution in [2.75, 3.05) is 29.0 Å². The summed E-state index contributed by atoms with van der Waals surface area (Å²) < 4.78 is 6.06. The normalized spacial score (nSPS) is 15.1. The summed E-state index contributed by atoms with van der Waals surface area (Å²) in [6.07, 6.45) is 3.86. The number of halogens is 1. The van der Waals surface area contributed by atoms with Crippen molar-refractivity contribution >= 4 is 45.5 Å². The first-order valence-corrected chi connectivity index (χ1v) is 10.9. The van der Waals surface area contributed by atoms with Crippen LogP contribution in [-0.2, 0) is 0 Å². The lowest BCUT2D eigenvalue weighted by molar-refractivity contribution is 0.523. The van der Waals surface area contributed by atoms with E-state index in [0.29, 0.717) is 22.7 Å². The maximum atomic E-state index is 6.42. The largest absolute Gasteiger partial charge is 0.399 e. The van der Waals surface area contributed by atoms with Crippen molar-refractivity contribution in [3.63, 3.8) is 0 Å². The molecule has 0 atom stereocenters. The van der Waals surface area contributed by atoms with Gasteiger partial charge in [0.25, 0.3) is 0 Å². The van der Waals surface area contributed by atoms with Crippen LogP contribution in [0.1, 0.15) is 18.7 Å². The summed E-state index contributed by atoms with van der Waals surface area (Å²) in [5.74, 6) is 1.45. The highest BCUT2D eigenvalue weighted by atomic mass is 35.5. The molecule has 4 aromatic rings. The molecule has 154 valence electrons. The molecule has 1 aliphatic heterocycles. The van der Waals surface area contributed by atoms with Crippen LogP contribution in [0.3, 0.4) is 0 Å². The molecule has 10 heteroatoms. The average molecular weight is 441 g/mol. The maximum Gasteiger partial charge on any atom is 0.243 e. The topological polar surface area (TPSA) is 97.3 Å². The van der Waals surface area contributed by atoms with Gasteiger partial charge in [0.15, 0.2) is 5.65 Å². The summed E-state index contributed by atoms with van der Waals surface area (Å²) in [5.41, 5.74) is 9.12. The number of piperidine rings is 1. The number of hydrogen-bond donors (Lipinski definition) is 2. The Balaban J connectivity index is 1.34. The molecule has 1 saturated heterocycles. The number of benzene rings is 1. The summed E-state index contributed by atoms with van der Waals surface area (Å²) in [7, 11) is 0. The lowest BCUT2D eigenvalue weighted by Crippen LogP contribution is -2.39. The van der Waals surface area contributed by atoms with E-state index in [1.165, 1.54) is 11.5 Å². The molecule has 30 heavy (non-hydrogen) atoms. The highest BCUT2D eigenvalue weighted by Crippen LogP contribution is 2.32. The molecule has 0 aliphatic carbocycles. The van der Waals surface area contributed by atoms with Crippen LogP contribution in [0.15, 0.2) is 36.5 Å². The molecule has 0 radical (unpaired) electrons. The SMILES string of the molecule is Cc1nsc(N2CCC(Nc3nc4c(-c5cc(N)ccc5Cl)cccn4n3)CC2)n1. The van der Waals surface area contributed by atoms with Crippen molar-refractivity contribution in [3.8, 4) is 11.1 Å². The molecular weight excluding hydrogens is 420 g/mol. The summed E-state index contributed by atoms with van der Waals surface area (Å²) in [6, 6.07) is 9.69. The second-order valence-electron chi connectivity index (χ2n) is 7.39. The Hall–Kier alpha value is -2.91. The number of aryl methyl sites for hydroxylation is 1. The number of nitrogens with one attached hydrogen (secondary N) is 1. The number of nitrogen functional groups attached to an aromatic ring is 1.